The van der Waals surface area contributed by atoms with Crippen molar-refractivity contribution in [3.8, 4) is 0 Å². The normalized spacial score (nSPS) is 27.0. The maximum Gasteiger partial charge on any atom is 0.329 e. The van der Waals surface area contributed by atoms with Gasteiger partial charge in [-0.2, -0.15) is 13.5 Å². The second-order valence-corrected chi connectivity index (χ2v) is 10.6. The second kappa shape index (κ2) is 8.17. The smallest absolute Gasteiger partial charge is 0.329 e. The van der Waals surface area contributed by atoms with Crippen molar-refractivity contribution in [2.24, 2.45) is 11.8 Å². The van der Waals surface area contributed by atoms with Crippen LogP contribution in [0.15, 0.2) is 52.7 Å². The van der Waals surface area contributed by atoms with Crippen LogP contribution in [0.25, 0.3) is 0 Å². The highest BCUT2D eigenvalue weighted by molar-refractivity contribution is 14.1. The molecule has 11 heteroatoms. The largest absolute Gasteiger partial charge is 0.358 e. The van der Waals surface area contributed by atoms with Crippen molar-refractivity contribution in [2.45, 2.75) is 34.4 Å². The third kappa shape index (κ3) is 4.04. The summed E-state index contributed by atoms with van der Waals surface area (Å²) in [5.41, 5.74) is 2.45. The third-order valence-electron chi connectivity index (χ3n) is 5.67. The molecule has 0 spiro atoms. The van der Waals surface area contributed by atoms with Gasteiger partial charge < -0.3 is 10.6 Å². The molecular formula is C19H22IN5O4S. The van der Waals surface area contributed by atoms with Crippen molar-refractivity contribution in [3.05, 3.63) is 47.7 Å². The average molecular weight is 543 g/mol. The molecule has 9 nitrogen and oxygen atoms in total. The molecule has 160 valence electrons. The molecule has 0 saturated heterocycles. The van der Waals surface area contributed by atoms with Crippen LogP contribution < -0.4 is 15.4 Å². The molecule has 3 aliphatic rings. The quantitative estimate of drug-likeness (QED) is 0.382. The van der Waals surface area contributed by atoms with Gasteiger partial charge in [-0.15, -0.1) is 0 Å². The maximum absolute atomic E-state index is 12.6. The van der Waals surface area contributed by atoms with Crippen molar-refractivity contribution in [1.29, 1.82) is 0 Å². The molecule has 0 aromatic carbocycles. The molecule has 0 aliphatic heterocycles. The van der Waals surface area contributed by atoms with E-state index in [1.165, 1.54) is 29.6 Å². The zero-order valence-electron chi connectivity index (χ0n) is 16.2. The van der Waals surface area contributed by atoms with E-state index in [0.717, 1.165) is 18.4 Å². The molecule has 4 unspecified atom stereocenters. The van der Waals surface area contributed by atoms with Crippen LogP contribution in [0, 0.1) is 11.8 Å². The van der Waals surface area contributed by atoms with Gasteiger partial charge in [0.2, 0.25) is 5.91 Å². The lowest BCUT2D eigenvalue weighted by molar-refractivity contribution is -0.121. The van der Waals surface area contributed by atoms with Crippen molar-refractivity contribution in [2.75, 3.05) is 7.05 Å². The van der Waals surface area contributed by atoms with Gasteiger partial charge in [0.05, 0.1) is 0 Å². The number of rotatable bonds is 5. The topological polar surface area (TPSA) is 122 Å². The van der Waals surface area contributed by atoms with Crippen LogP contribution in [-0.2, 0) is 21.4 Å². The number of nitrogens with zero attached hydrogens (tertiary/aromatic N) is 2. The van der Waals surface area contributed by atoms with Crippen LogP contribution >= 0.6 is 22.6 Å². The number of aromatic nitrogens is 2. The standard InChI is InChI=1S/C19H22IN5O4S/c1-21-16(26)10-25-8-7-17(23-25)30(28,29)24-19(27)22-18-12-4-2-3-11(12)9-14-13(18)5-6-15(14)20/h2-4,7-9,12-13,15,18H,5-6,10H2,1H3,(H,21,26)(H2,22,24,27). The minimum atomic E-state index is -4.16. The number of alkyl halides is 1. The van der Waals surface area contributed by atoms with Crippen LogP contribution in [0.5, 0.6) is 0 Å². The number of nitrogens with one attached hydrogen (secondary N) is 3. The van der Waals surface area contributed by atoms with Crippen LogP contribution in [0.3, 0.4) is 0 Å². The zero-order valence-corrected chi connectivity index (χ0v) is 19.2. The molecule has 30 heavy (non-hydrogen) atoms. The molecule has 0 radical (unpaired) electrons. The van der Waals surface area contributed by atoms with E-state index < -0.39 is 16.1 Å². The Bertz CT molecular complexity index is 1070. The highest BCUT2D eigenvalue weighted by atomic mass is 127. The van der Waals surface area contributed by atoms with E-state index in [4.69, 9.17) is 0 Å². The van der Waals surface area contributed by atoms with Gasteiger partial charge in [-0.3, -0.25) is 9.48 Å². The Morgan fingerprint density at radius 1 is 1.33 bits per heavy atom. The maximum atomic E-state index is 12.6. The van der Waals surface area contributed by atoms with Crippen LogP contribution in [0.2, 0.25) is 0 Å². The fraction of sp³-hybridized carbons (Fsp3) is 0.421. The number of carbonyl (C=O) groups excluding carboxylic acids is 2. The van der Waals surface area contributed by atoms with E-state index in [0.29, 0.717) is 3.92 Å². The Morgan fingerprint density at radius 3 is 2.90 bits per heavy atom. The fourth-order valence-corrected chi connectivity index (χ4v) is 6.11. The number of fused-ring (bicyclic) bond motifs is 2. The number of amides is 3. The van der Waals surface area contributed by atoms with Gasteiger partial charge in [0, 0.05) is 35.0 Å². The van der Waals surface area contributed by atoms with Gasteiger partial charge in [0.25, 0.3) is 10.0 Å². The van der Waals surface area contributed by atoms with Crippen LogP contribution in [0.1, 0.15) is 12.8 Å². The molecule has 3 N–H and O–H groups in total. The monoisotopic (exact) mass is 543 g/mol. The molecule has 1 aromatic rings. The lowest BCUT2D eigenvalue weighted by Gasteiger charge is -2.35. The van der Waals surface area contributed by atoms with E-state index in [1.54, 1.807) is 0 Å². The number of sulfonamides is 1. The van der Waals surface area contributed by atoms with E-state index in [9.17, 15) is 18.0 Å². The average Bonchev–Trinajstić information content (AvgIpc) is 3.42. The Kier molecular flexibility index (Phi) is 5.75. The molecule has 3 aliphatic carbocycles. The first-order chi connectivity index (χ1) is 14.3. The molecule has 1 saturated carbocycles. The summed E-state index contributed by atoms with van der Waals surface area (Å²) in [6.07, 6.45) is 11.7. The number of hydrogen-bond donors (Lipinski definition) is 3. The number of urea groups is 1. The second-order valence-electron chi connectivity index (χ2n) is 7.50. The summed E-state index contributed by atoms with van der Waals surface area (Å²) in [6, 6.07) is 0.271. The highest BCUT2D eigenvalue weighted by Gasteiger charge is 2.43. The molecular weight excluding hydrogens is 521 g/mol. The highest BCUT2D eigenvalue weighted by Crippen LogP contribution is 2.47. The van der Waals surface area contributed by atoms with Gasteiger partial charge in [0.1, 0.15) is 6.54 Å². The van der Waals surface area contributed by atoms with E-state index in [1.807, 2.05) is 18.2 Å². The van der Waals surface area contributed by atoms with Crippen molar-refractivity contribution >= 4 is 44.6 Å². The molecule has 1 aromatic heterocycles. The summed E-state index contributed by atoms with van der Waals surface area (Å²) in [5.74, 6) is -0.0785. The predicted octanol–water partition coefficient (Wildman–Crippen LogP) is 1.25. The van der Waals surface area contributed by atoms with Crippen LogP contribution in [-0.4, -0.2) is 47.2 Å². The molecule has 0 bridgehead atoms. The first kappa shape index (κ1) is 21.1. The summed E-state index contributed by atoms with van der Waals surface area (Å²) >= 11 is 2.43. The number of hydrogen-bond acceptors (Lipinski definition) is 5. The summed E-state index contributed by atoms with van der Waals surface area (Å²) in [5, 5.41) is 8.89. The van der Waals surface area contributed by atoms with E-state index >= 15 is 0 Å². The summed E-state index contributed by atoms with van der Waals surface area (Å²) in [6.45, 7) is -0.113. The van der Waals surface area contributed by atoms with Crippen LogP contribution in [0.4, 0.5) is 4.79 Å². The molecule has 4 rings (SSSR count). The Hall–Kier alpha value is -2.15. The van der Waals surface area contributed by atoms with Crippen molar-refractivity contribution in [1.82, 2.24) is 25.1 Å². The van der Waals surface area contributed by atoms with E-state index in [-0.39, 0.29) is 35.4 Å². The molecule has 3 amide bonds. The minimum absolute atomic E-state index is 0.0423. The van der Waals surface area contributed by atoms with Gasteiger partial charge in [-0.1, -0.05) is 52.5 Å². The molecule has 4 atom stereocenters. The number of carbonyl (C=O) groups is 2. The van der Waals surface area contributed by atoms with Gasteiger partial charge >= 0.3 is 6.03 Å². The summed E-state index contributed by atoms with van der Waals surface area (Å²) in [7, 11) is -2.68. The number of allylic oxidation sites excluding steroid dienone is 3. The predicted molar refractivity (Wildman–Crippen MR) is 118 cm³/mol. The number of likely N-dealkylation sites (N-methyl/N-ethyl adjacent to an activating group) is 1. The summed E-state index contributed by atoms with van der Waals surface area (Å²) in [4.78, 5) is 24.1. The third-order valence-corrected chi connectivity index (χ3v) is 8.23. The lowest BCUT2D eigenvalue weighted by Crippen LogP contribution is -2.51. The number of halogens is 1. The Labute approximate surface area is 188 Å². The van der Waals surface area contributed by atoms with E-state index in [2.05, 4.69) is 49.1 Å². The minimum Gasteiger partial charge on any atom is -0.358 e. The fourth-order valence-electron chi connectivity index (χ4n) is 4.24. The van der Waals surface area contributed by atoms with Crippen molar-refractivity contribution < 1.29 is 18.0 Å². The molecule has 1 fully saturated rings. The molecule has 1 heterocycles. The van der Waals surface area contributed by atoms with Gasteiger partial charge in [-0.25, -0.2) is 9.52 Å². The zero-order chi connectivity index (χ0) is 21.5. The first-order valence-electron chi connectivity index (χ1n) is 9.60. The van der Waals surface area contributed by atoms with Gasteiger partial charge in [0.15, 0.2) is 5.03 Å². The summed E-state index contributed by atoms with van der Waals surface area (Å²) < 4.78 is 28.8. The lowest BCUT2D eigenvalue weighted by atomic mass is 9.76. The first-order valence-corrected chi connectivity index (χ1v) is 12.3. The van der Waals surface area contributed by atoms with Gasteiger partial charge in [-0.05, 0) is 24.5 Å². The van der Waals surface area contributed by atoms with Crippen molar-refractivity contribution in [3.63, 3.8) is 0 Å². The Balaban J connectivity index is 1.46. The SMILES string of the molecule is CNC(=O)Cn1ccc(S(=O)(=O)NC(=O)NC2C3C=CC=C3C=C3C(I)CCC32)n1. The Morgan fingerprint density at radius 2 is 2.13 bits per heavy atom.